The molecule has 0 unspecified atom stereocenters. The maximum atomic E-state index is 10.7. The molecular weight excluding hydrogens is 264 g/mol. The summed E-state index contributed by atoms with van der Waals surface area (Å²) in [5, 5.41) is 17.4. The van der Waals surface area contributed by atoms with Gasteiger partial charge in [0, 0.05) is 6.20 Å². The maximum Gasteiger partial charge on any atom is 0.313 e. The first-order valence-corrected chi connectivity index (χ1v) is 6.68. The molecule has 0 aliphatic carbocycles. The molecule has 19 heavy (non-hydrogen) atoms. The number of carboxylic acids is 1. The first-order valence-electron chi connectivity index (χ1n) is 5.70. The van der Waals surface area contributed by atoms with E-state index in [0.717, 1.165) is 28.7 Å². The molecule has 2 rings (SSSR count). The number of thioether (sulfide) groups is 1. The fourth-order valence-electron chi connectivity index (χ4n) is 1.84. The van der Waals surface area contributed by atoms with Crippen molar-refractivity contribution in [2.75, 3.05) is 5.75 Å². The summed E-state index contributed by atoms with van der Waals surface area (Å²) in [5.41, 5.74) is 2.82. The lowest BCUT2D eigenvalue weighted by Crippen LogP contribution is -2.07. The fourth-order valence-corrected chi connectivity index (χ4v) is 2.55. The lowest BCUT2D eigenvalue weighted by Gasteiger charge is -2.12. The van der Waals surface area contributed by atoms with Crippen LogP contribution in [0.3, 0.4) is 0 Å². The topological polar surface area (TPSA) is 80.9 Å². The lowest BCUT2D eigenvalue weighted by molar-refractivity contribution is -0.133. The molecule has 2 aromatic rings. The van der Waals surface area contributed by atoms with E-state index in [-0.39, 0.29) is 5.75 Å². The molecule has 0 aliphatic heterocycles. The Morgan fingerprint density at radius 2 is 2.11 bits per heavy atom. The maximum absolute atomic E-state index is 10.7. The highest BCUT2D eigenvalue weighted by Gasteiger charge is 2.16. The van der Waals surface area contributed by atoms with Gasteiger partial charge in [0.15, 0.2) is 5.16 Å². The van der Waals surface area contributed by atoms with E-state index in [9.17, 15) is 4.79 Å². The van der Waals surface area contributed by atoms with Gasteiger partial charge in [-0.2, -0.15) is 0 Å². The molecule has 7 heteroatoms. The lowest BCUT2D eigenvalue weighted by atomic mass is 10.2. The van der Waals surface area contributed by atoms with Crippen LogP contribution in [0.4, 0.5) is 0 Å². The van der Waals surface area contributed by atoms with Crippen molar-refractivity contribution in [3.63, 3.8) is 0 Å². The van der Waals surface area contributed by atoms with Crippen LogP contribution in [-0.2, 0) is 4.79 Å². The van der Waals surface area contributed by atoms with E-state index in [2.05, 4.69) is 15.2 Å². The van der Waals surface area contributed by atoms with Crippen molar-refractivity contribution in [2.45, 2.75) is 25.9 Å². The van der Waals surface area contributed by atoms with Gasteiger partial charge in [-0.3, -0.25) is 14.3 Å². The van der Waals surface area contributed by atoms with Crippen LogP contribution in [-0.4, -0.2) is 36.6 Å². The molecule has 0 aromatic carbocycles. The second-order valence-corrected chi connectivity index (χ2v) is 5.05. The summed E-state index contributed by atoms with van der Waals surface area (Å²) in [5.74, 6) is -0.208. The first kappa shape index (κ1) is 13.5. The molecular formula is C12H14N4O2S. The van der Waals surface area contributed by atoms with Crippen molar-refractivity contribution in [3.8, 4) is 5.69 Å². The summed E-state index contributed by atoms with van der Waals surface area (Å²) >= 11 is 1.15. The number of hydrogen-bond donors (Lipinski definition) is 1. The van der Waals surface area contributed by atoms with Crippen molar-refractivity contribution in [2.24, 2.45) is 0 Å². The molecule has 0 amide bonds. The Kier molecular flexibility index (Phi) is 3.84. The van der Waals surface area contributed by atoms with Crippen LogP contribution in [0.1, 0.15) is 17.1 Å². The van der Waals surface area contributed by atoms with Crippen LogP contribution in [0, 0.1) is 20.8 Å². The Hall–Kier alpha value is -1.89. The van der Waals surface area contributed by atoms with Crippen molar-refractivity contribution in [3.05, 3.63) is 29.3 Å². The molecule has 0 saturated carbocycles. The Balaban J connectivity index is 2.49. The zero-order chi connectivity index (χ0) is 14.0. The molecule has 0 spiro atoms. The fraction of sp³-hybridized carbons (Fsp3) is 0.333. The summed E-state index contributed by atoms with van der Waals surface area (Å²) in [4.78, 5) is 14.9. The molecule has 0 aliphatic rings. The highest BCUT2D eigenvalue weighted by molar-refractivity contribution is 7.99. The molecule has 100 valence electrons. The van der Waals surface area contributed by atoms with E-state index < -0.39 is 5.97 Å². The van der Waals surface area contributed by atoms with Crippen molar-refractivity contribution in [1.29, 1.82) is 0 Å². The quantitative estimate of drug-likeness (QED) is 0.858. The largest absolute Gasteiger partial charge is 0.481 e. The smallest absolute Gasteiger partial charge is 0.313 e. The predicted octanol–water partition coefficient (Wildman–Crippen LogP) is 1.76. The molecule has 0 radical (unpaired) electrons. The third kappa shape index (κ3) is 2.76. The number of carbonyl (C=O) groups is 1. The standard InChI is InChI=1S/C12H14N4O2S/c1-7-4-5-13-8(2)11(7)16-9(3)14-15-12(16)19-6-10(17)18/h4-5H,6H2,1-3H3,(H,17,18). The second-order valence-electron chi connectivity index (χ2n) is 4.11. The van der Waals surface area contributed by atoms with Gasteiger partial charge in [-0.25, -0.2) is 0 Å². The second kappa shape index (κ2) is 5.40. The highest BCUT2D eigenvalue weighted by Crippen LogP contribution is 2.25. The number of pyridine rings is 1. The van der Waals surface area contributed by atoms with Crippen LogP contribution in [0.5, 0.6) is 0 Å². The molecule has 6 nitrogen and oxygen atoms in total. The summed E-state index contributed by atoms with van der Waals surface area (Å²) in [6, 6.07) is 1.91. The van der Waals surface area contributed by atoms with E-state index in [1.807, 2.05) is 31.4 Å². The van der Waals surface area contributed by atoms with E-state index in [4.69, 9.17) is 5.11 Å². The van der Waals surface area contributed by atoms with Gasteiger partial charge in [0.2, 0.25) is 0 Å². The van der Waals surface area contributed by atoms with Crippen LogP contribution in [0.15, 0.2) is 17.4 Å². The summed E-state index contributed by atoms with van der Waals surface area (Å²) < 4.78 is 1.85. The normalized spacial score (nSPS) is 10.7. The van der Waals surface area contributed by atoms with E-state index >= 15 is 0 Å². The Labute approximate surface area is 114 Å². The molecule has 1 N–H and O–H groups in total. The number of aromatic nitrogens is 4. The minimum absolute atomic E-state index is 0.0451. The Bertz CT molecular complexity index is 604. The van der Waals surface area contributed by atoms with Gasteiger partial charge in [0.1, 0.15) is 5.82 Å². The van der Waals surface area contributed by atoms with Crippen LogP contribution in [0.25, 0.3) is 5.69 Å². The average molecular weight is 278 g/mol. The molecule has 0 fully saturated rings. The summed E-state index contributed by atoms with van der Waals surface area (Å²) in [6.45, 7) is 5.73. The van der Waals surface area contributed by atoms with Gasteiger partial charge in [0.25, 0.3) is 0 Å². The van der Waals surface area contributed by atoms with Gasteiger partial charge in [-0.1, -0.05) is 11.8 Å². The number of rotatable bonds is 4. The summed E-state index contributed by atoms with van der Waals surface area (Å²) in [7, 11) is 0. The molecule has 2 heterocycles. The third-order valence-electron chi connectivity index (χ3n) is 2.65. The zero-order valence-corrected chi connectivity index (χ0v) is 11.7. The van der Waals surface area contributed by atoms with Crippen LogP contribution < -0.4 is 0 Å². The minimum Gasteiger partial charge on any atom is -0.481 e. The average Bonchev–Trinajstić information content (AvgIpc) is 2.69. The van der Waals surface area contributed by atoms with Crippen molar-refractivity contribution >= 4 is 17.7 Å². The number of hydrogen-bond acceptors (Lipinski definition) is 5. The molecule has 0 atom stereocenters. The number of carboxylic acid groups (broad SMARTS) is 1. The van der Waals surface area contributed by atoms with Gasteiger partial charge in [0.05, 0.1) is 17.1 Å². The monoisotopic (exact) mass is 278 g/mol. The Morgan fingerprint density at radius 1 is 1.37 bits per heavy atom. The highest BCUT2D eigenvalue weighted by atomic mass is 32.2. The minimum atomic E-state index is -0.878. The van der Waals surface area contributed by atoms with Gasteiger partial charge in [-0.15, -0.1) is 10.2 Å². The van der Waals surface area contributed by atoms with Crippen molar-refractivity contribution in [1.82, 2.24) is 19.7 Å². The van der Waals surface area contributed by atoms with E-state index in [1.165, 1.54) is 0 Å². The van der Waals surface area contributed by atoms with Crippen LogP contribution in [0.2, 0.25) is 0 Å². The molecule has 2 aromatic heterocycles. The van der Waals surface area contributed by atoms with E-state index in [0.29, 0.717) is 11.0 Å². The molecule has 0 saturated heterocycles. The van der Waals surface area contributed by atoms with Gasteiger partial charge < -0.3 is 5.11 Å². The predicted molar refractivity (Wildman–Crippen MR) is 71.7 cm³/mol. The van der Waals surface area contributed by atoms with E-state index in [1.54, 1.807) is 6.20 Å². The molecule has 0 bridgehead atoms. The van der Waals surface area contributed by atoms with Gasteiger partial charge >= 0.3 is 5.97 Å². The SMILES string of the molecule is Cc1ccnc(C)c1-n1c(C)nnc1SCC(=O)O. The summed E-state index contributed by atoms with van der Waals surface area (Å²) in [6.07, 6.45) is 1.75. The zero-order valence-electron chi connectivity index (χ0n) is 10.9. The van der Waals surface area contributed by atoms with Gasteiger partial charge in [-0.05, 0) is 32.4 Å². The number of aryl methyl sites for hydroxylation is 3. The number of nitrogens with zero attached hydrogens (tertiary/aromatic N) is 4. The number of aliphatic carboxylic acids is 1. The Morgan fingerprint density at radius 3 is 2.74 bits per heavy atom. The third-order valence-corrected chi connectivity index (χ3v) is 3.57. The van der Waals surface area contributed by atoms with Crippen molar-refractivity contribution < 1.29 is 9.90 Å². The van der Waals surface area contributed by atoms with Crippen LogP contribution >= 0.6 is 11.8 Å². The first-order chi connectivity index (χ1) is 9.00.